The first kappa shape index (κ1) is 14.1. The standard InChI is InChI=1S/C13H21ClN2O/c1-10(9-15)6-7-16(2)13-5-4-11(17-3)8-12(13)14/h4-5,8,10H,6-7,9,15H2,1-3H3. The summed E-state index contributed by atoms with van der Waals surface area (Å²) in [6.07, 6.45) is 1.06. The van der Waals surface area contributed by atoms with Gasteiger partial charge in [0.25, 0.3) is 0 Å². The molecule has 0 aliphatic carbocycles. The largest absolute Gasteiger partial charge is 0.497 e. The second kappa shape index (κ2) is 6.72. The van der Waals surface area contributed by atoms with Gasteiger partial charge in [0.2, 0.25) is 0 Å². The van der Waals surface area contributed by atoms with E-state index in [4.69, 9.17) is 22.1 Å². The molecule has 0 saturated carbocycles. The third-order valence-electron chi connectivity index (χ3n) is 2.93. The first-order valence-electron chi connectivity index (χ1n) is 5.83. The Balaban J connectivity index is 2.65. The van der Waals surface area contributed by atoms with Gasteiger partial charge in [0.1, 0.15) is 5.75 Å². The van der Waals surface area contributed by atoms with Crippen LogP contribution in [0.5, 0.6) is 5.75 Å². The maximum absolute atomic E-state index is 6.21. The van der Waals surface area contributed by atoms with Crippen molar-refractivity contribution in [3.8, 4) is 5.75 Å². The number of benzene rings is 1. The van der Waals surface area contributed by atoms with Crippen molar-refractivity contribution in [2.75, 3.05) is 32.1 Å². The average Bonchev–Trinajstić information content (AvgIpc) is 2.35. The lowest BCUT2D eigenvalue weighted by atomic mass is 10.1. The van der Waals surface area contributed by atoms with Crippen molar-refractivity contribution in [3.63, 3.8) is 0 Å². The lowest BCUT2D eigenvalue weighted by Crippen LogP contribution is -2.23. The van der Waals surface area contributed by atoms with E-state index >= 15 is 0 Å². The van der Waals surface area contributed by atoms with Crippen molar-refractivity contribution in [1.29, 1.82) is 0 Å². The van der Waals surface area contributed by atoms with Gasteiger partial charge in [0.15, 0.2) is 0 Å². The predicted octanol–water partition coefficient (Wildman–Crippen LogP) is 2.77. The summed E-state index contributed by atoms with van der Waals surface area (Å²) in [4.78, 5) is 2.15. The third-order valence-corrected chi connectivity index (χ3v) is 3.23. The number of halogens is 1. The molecular weight excluding hydrogens is 236 g/mol. The number of nitrogens with two attached hydrogens (primary N) is 1. The summed E-state index contributed by atoms with van der Waals surface area (Å²) in [5.41, 5.74) is 6.63. The molecule has 0 aliphatic heterocycles. The fraction of sp³-hybridized carbons (Fsp3) is 0.538. The number of anilines is 1. The number of hydrogen-bond acceptors (Lipinski definition) is 3. The zero-order chi connectivity index (χ0) is 12.8. The Morgan fingerprint density at radius 3 is 2.71 bits per heavy atom. The molecule has 4 heteroatoms. The lowest BCUT2D eigenvalue weighted by Gasteiger charge is -2.22. The summed E-state index contributed by atoms with van der Waals surface area (Å²) in [6.45, 7) is 3.83. The molecule has 0 saturated heterocycles. The van der Waals surface area contributed by atoms with E-state index in [1.165, 1.54) is 0 Å². The molecule has 1 aromatic rings. The van der Waals surface area contributed by atoms with Crippen LogP contribution < -0.4 is 15.4 Å². The van der Waals surface area contributed by atoms with Crippen molar-refractivity contribution in [2.45, 2.75) is 13.3 Å². The van der Waals surface area contributed by atoms with Gasteiger partial charge in [0.05, 0.1) is 17.8 Å². The Labute approximate surface area is 109 Å². The van der Waals surface area contributed by atoms with Crippen LogP contribution in [0.1, 0.15) is 13.3 Å². The van der Waals surface area contributed by atoms with Crippen LogP contribution >= 0.6 is 11.6 Å². The van der Waals surface area contributed by atoms with E-state index < -0.39 is 0 Å². The van der Waals surface area contributed by atoms with E-state index in [1.54, 1.807) is 7.11 Å². The molecule has 1 atom stereocenters. The zero-order valence-corrected chi connectivity index (χ0v) is 11.5. The fourth-order valence-electron chi connectivity index (χ4n) is 1.58. The summed E-state index contributed by atoms with van der Waals surface area (Å²) in [6, 6.07) is 5.73. The van der Waals surface area contributed by atoms with Crippen molar-refractivity contribution in [2.24, 2.45) is 11.7 Å². The normalized spacial score (nSPS) is 12.3. The topological polar surface area (TPSA) is 38.5 Å². The Bertz CT molecular complexity index is 357. The van der Waals surface area contributed by atoms with Crippen LogP contribution in [0.25, 0.3) is 0 Å². The second-order valence-electron chi connectivity index (χ2n) is 4.37. The molecule has 1 aromatic carbocycles. The highest BCUT2D eigenvalue weighted by molar-refractivity contribution is 6.33. The van der Waals surface area contributed by atoms with Crippen LogP contribution in [-0.2, 0) is 0 Å². The van der Waals surface area contributed by atoms with E-state index in [0.717, 1.165) is 30.9 Å². The van der Waals surface area contributed by atoms with E-state index in [0.29, 0.717) is 10.9 Å². The van der Waals surface area contributed by atoms with E-state index in [-0.39, 0.29) is 0 Å². The predicted molar refractivity (Wildman–Crippen MR) is 74.1 cm³/mol. The molecule has 0 radical (unpaired) electrons. The first-order chi connectivity index (χ1) is 8.08. The van der Waals surface area contributed by atoms with Crippen LogP contribution in [0.2, 0.25) is 5.02 Å². The highest BCUT2D eigenvalue weighted by atomic mass is 35.5. The van der Waals surface area contributed by atoms with Gasteiger partial charge in [0, 0.05) is 19.7 Å². The van der Waals surface area contributed by atoms with Crippen LogP contribution in [0.15, 0.2) is 18.2 Å². The second-order valence-corrected chi connectivity index (χ2v) is 4.78. The molecule has 0 fully saturated rings. The summed E-state index contributed by atoms with van der Waals surface area (Å²) in [5, 5.41) is 0.715. The molecule has 2 N–H and O–H groups in total. The molecule has 1 unspecified atom stereocenters. The molecule has 0 amide bonds. The van der Waals surface area contributed by atoms with Gasteiger partial charge in [-0.1, -0.05) is 18.5 Å². The molecule has 0 heterocycles. The number of rotatable bonds is 6. The van der Waals surface area contributed by atoms with Crippen LogP contribution in [0, 0.1) is 5.92 Å². The number of nitrogens with zero attached hydrogens (tertiary/aromatic N) is 1. The SMILES string of the molecule is COc1ccc(N(C)CCC(C)CN)c(Cl)c1. The fourth-order valence-corrected chi connectivity index (χ4v) is 1.89. The van der Waals surface area contributed by atoms with Gasteiger partial charge in [-0.05, 0) is 31.0 Å². The van der Waals surface area contributed by atoms with Gasteiger partial charge in [-0.3, -0.25) is 0 Å². The number of hydrogen-bond donors (Lipinski definition) is 1. The molecule has 0 spiro atoms. The van der Waals surface area contributed by atoms with Gasteiger partial charge in [-0.25, -0.2) is 0 Å². The Hall–Kier alpha value is -0.930. The third kappa shape index (κ3) is 4.10. The monoisotopic (exact) mass is 256 g/mol. The highest BCUT2D eigenvalue weighted by Crippen LogP contribution is 2.29. The molecule has 0 aliphatic rings. The van der Waals surface area contributed by atoms with Crippen LogP contribution in [-0.4, -0.2) is 27.2 Å². The molecule has 96 valence electrons. The molecular formula is C13H21ClN2O. The maximum Gasteiger partial charge on any atom is 0.120 e. The minimum atomic E-state index is 0.537. The number of methoxy groups -OCH3 is 1. The van der Waals surface area contributed by atoms with E-state index in [9.17, 15) is 0 Å². The summed E-state index contributed by atoms with van der Waals surface area (Å²) in [5.74, 6) is 1.32. The smallest absolute Gasteiger partial charge is 0.120 e. The quantitative estimate of drug-likeness (QED) is 0.851. The van der Waals surface area contributed by atoms with Gasteiger partial charge >= 0.3 is 0 Å². The van der Waals surface area contributed by atoms with Crippen molar-refractivity contribution in [3.05, 3.63) is 23.2 Å². The van der Waals surface area contributed by atoms with E-state index in [2.05, 4.69) is 11.8 Å². The summed E-state index contributed by atoms with van der Waals surface area (Å²) >= 11 is 6.21. The van der Waals surface area contributed by atoms with Gasteiger partial charge in [-0.15, -0.1) is 0 Å². The minimum absolute atomic E-state index is 0.537. The van der Waals surface area contributed by atoms with Crippen molar-refractivity contribution < 1.29 is 4.74 Å². The Morgan fingerprint density at radius 1 is 1.47 bits per heavy atom. The average molecular weight is 257 g/mol. The molecule has 1 rings (SSSR count). The Kier molecular flexibility index (Phi) is 5.59. The maximum atomic E-state index is 6.21. The van der Waals surface area contributed by atoms with Crippen LogP contribution in [0.4, 0.5) is 5.69 Å². The Morgan fingerprint density at radius 2 is 2.18 bits per heavy atom. The molecule has 0 aromatic heterocycles. The minimum Gasteiger partial charge on any atom is -0.497 e. The van der Waals surface area contributed by atoms with Crippen LogP contribution in [0.3, 0.4) is 0 Å². The summed E-state index contributed by atoms with van der Waals surface area (Å²) in [7, 11) is 3.68. The highest BCUT2D eigenvalue weighted by Gasteiger charge is 2.08. The first-order valence-corrected chi connectivity index (χ1v) is 6.21. The van der Waals surface area contributed by atoms with Gasteiger partial charge in [-0.2, -0.15) is 0 Å². The van der Waals surface area contributed by atoms with E-state index in [1.807, 2.05) is 25.2 Å². The van der Waals surface area contributed by atoms with Crippen molar-refractivity contribution in [1.82, 2.24) is 0 Å². The molecule has 3 nitrogen and oxygen atoms in total. The molecule has 17 heavy (non-hydrogen) atoms. The van der Waals surface area contributed by atoms with Crippen molar-refractivity contribution >= 4 is 17.3 Å². The lowest BCUT2D eigenvalue weighted by molar-refractivity contribution is 0.415. The number of ether oxygens (including phenoxy) is 1. The zero-order valence-electron chi connectivity index (χ0n) is 10.7. The molecule has 0 bridgehead atoms. The summed E-state index contributed by atoms with van der Waals surface area (Å²) < 4.78 is 5.13. The van der Waals surface area contributed by atoms with Gasteiger partial charge < -0.3 is 15.4 Å².